The summed E-state index contributed by atoms with van der Waals surface area (Å²) in [5, 5.41) is -0.278. The summed E-state index contributed by atoms with van der Waals surface area (Å²) in [6, 6.07) is 6.22. The van der Waals surface area contributed by atoms with Gasteiger partial charge in [-0.05, 0) is 12.1 Å². The first-order valence-corrected chi connectivity index (χ1v) is 5.93. The van der Waals surface area contributed by atoms with Crippen molar-refractivity contribution < 1.29 is 17.4 Å². The van der Waals surface area contributed by atoms with E-state index in [1.54, 1.807) is 12.1 Å². The number of hydrogen-bond acceptors (Lipinski definition) is 3. The van der Waals surface area contributed by atoms with Gasteiger partial charge >= 0.3 is 6.18 Å². The van der Waals surface area contributed by atoms with Crippen LogP contribution in [0.2, 0.25) is 0 Å². The number of nitrogen functional groups attached to an aromatic ring is 1. The normalized spacial score (nSPS) is 13.5. The summed E-state index contributed by atoms with van der Waals surface area (Å²) in [5.74, 6) is 0. The molecule has 1 atom stereocenters. The van der Waals surface area contributed by atoms with Crippen molar-refractivity contribution in [1.29, 1.82) is 0 Å². The Morgan fingerprint density at radius 2 is 1.94 bits per heavy atom. The zero-order valence-electron chi connectivity index (χ0n) is 8.86. The summed E-state index contributed by atoms with van der Waals surface area (Å²) >= 11 is 0. The highest BCUT2D eigenvalue weighted by molar-refractivity contribution is 7.85. The van der Waals surface area contributed by atoms with Crippen LogP contribution in [0.25, 0.3) is 0 Å². The van der Waals surface area contributed by atoms with Crippen LogP contribution in [0.15, 0.2) is 40.5 Å². The largest absolute Gasteiger partial charge is 0.432 e. The van der Waals surface area contributed by atoms with E-state index in [1.807, 2.05) is 4.98 Å². The molecule has 2 rings (SSSR count). The number of benzene rings is 1. The number of nitrogens with zero attached hydrogens (tertiary/aromatic N) is 1. The third-order valence-electron chi connectivity index (χ3n) is 2.15. The monoisotopic (exact) mass is 275 g/mol. The van der Waals surface area contributed by atoms with Gasteiger partial charge in [0.15, 0.2) is 0 Å². The number of anilines is 1. The predicted molar refractivity (Wildman–Crippen MR) is 59.1 cm³/mol. The SMILES string of the molecule is Nc1ccccc1S(=O)c1ncc(C(F)(F)F)[nH]1. The average molecular weight is 275 g/mol. The zero-order chi connectivity index (χ0) is 13.3. The Morgan fingerprint density at radius 3 is 2.50 bits per heavy atom. The Balaban J connectivity index is 2.36. The lowest BCUT2D eigenvalue weighted by Gasteiger charge is -2.03. The fourth-order valence-corrected chi connectivity index (χ4v) is 2.34. The van der Waals surface area contributed by atoms with E-state index >= 15 is 0 Å². The number of alkyl halides is 3. The molecular formula is C10H8F3N3OS. The first-order chi connectivity index (χ1) is 8.39. The molecule has 0 spiro atoms. The van der Waals surface area contributed by atoms with Crippen LogP contribution < -0.4 is 5.73 Å². The van der Waals surface area contributed by atoms with E-state index in [9.17, 15) is 17.4 Å². The number of para-hydroxylation sites is 1. The van der Waals surface area contributed by atoms with E-state index in [0.29, 0.717) is 6.20 Å². The molecule has 0 saturated carbocycles. The van der Waals surface area contributed by atoms with Crippen molar-refractivity contribution in [3.63, 3.8) is 0 Å². The van der Waals surface area contributed by atoms with Crippen LogP contribution in [-0.2, 0) is 17.0 Å². The molecule has 8 heteroatoms. The molecule has 0 fully saturated rings. The Hall–Kier alpha value is -1.83. The van der Waals surface area contributed by atoms with Crippen molar-refractivity contribution in [3.8, 4) is 0 Å². The highest BCUT2D eigenvalue weighted by Crippen LogP contribution is 2.29. The van der Waals surface area contributed by atoms with Gasteiger partial charge in [-0.15, -0.1) is 0 Å². The molecule has 1 unspecified atom stereocenters. The predicted octanol–water partition coefficient (Wildman–Crippen LogP) is 2.18. The van der Waals surface area contributed by atoms with Gasteiger partial charge in [0, 0.05) is 5.69 Å². The number of nitrogens with two attached hydrogens (primary N) is 1. The first kappa shape index (κ1) is 12.6. The van der Waals surface area contributed by atoms with E-state index in [-0.39, 0.29) is 15.7 Å². The topological polar surface area (TPSA) is 71.8 Å². The molecule has 18 heavy (non-hydrogen) atoms. The van der Waals surface area contributed by atoms with Crippen molar-refractivity contribution in [2.75, 3.05) is 5.73 Å². The minimum Gasteiger partial charge on any atom is -0.398 e. The summed E-state index contributed by atoms with van der Waals surface area (Å²) < 4.78 is 49.0. The van der Waals surface area contributed by atoms with Crippen LogP contribution in [0.5, 0.6) is 0 Å². The molecule has 0 amide bonds. The molecule has 4 nitrogen and oxygen atoms in total. The Morgan fingerprint density at radius 1 is 1.28 bits per heavy atom. The number of H-pyrrole nitrogens is 1. The fourth-order valence-electron chi connectivity index (χ4n) is 1.29. The Bertz CT molecular complexity index is 594. The summed E-state index contributed by atoms with van der Waals surface area (Å²) in [4.78, 5) is 5.68. The van der Waals surface area contributed by atoms with Gasteiger partial charge in [0.25, 0.3) is 0 Å². The molecule has 2 aromatic rings. The lowest BCUT2D eigenvalue weighted by atomic mass is 10.3. The summed E-state index contributed by atoms with van der Waals surface area (Å²) in [6.45, 7) is 0. The van der Waals surface area contributed by atoms with E-state index in [1.165, 1.54) is 12.1 Å². The third kappa shape index (κ3) is 2.37. The van der Waals surface area contributed by atoms with Crippen LogP contribution in [0.1, 0.15) is 5.69 Å². The number of nitrogens with one attached hydrogen (secondary N) is 1. The molecular weight excluding hydrogens is 267 g/mol. The highest BCUT2D eigenvalue weighted by atomic mass is 32.2. The van der Waals surface area contributed by atoms with Crippen molar-refractivity contribution in [3.05, 3.63) is 36.2 Å². The smallest absolute Gasteiger partial charge is 0.398 e. The number of imidazole rings is 1. The van der Waals surface area contributed by atoms with Crippen LogP contribution in [0.4, 0.5) is 18.9 Å². The third-order valence-corrected chi connectivity index (χ3v) is 3.48. The van der Waals surface area contributed by atoms with E-state index in [2.05, 4.69) is 4.98 Å². The lowest BCUT2D eigenvalue weighted by Crippen LogP contribution is -2.06. The molecule has 0 saturated heterocycles. The molecule has 0 bridgehead atoms. The van der Waals surface area contributed by atoms with Crippen LogP contribution in [0, 0.1) is 0 Å². The van der Waals surface area contributed by atoms with Crippen LogP contribution >= 0.6 is 0 Å². The maximum Gasteiger partial charge on any atom is 0.432 e. The molecule has 0 aliphatic heterocycles. The maximum absolute atomic E-state index is 12.4. The van der Waals surface area contributed by atoms with E-state index in [4.69, 9.17) is 5.73 Å². The van der Waals surface area contributed by atoms with Gasteiger partial charge in [0.1, 0.15) is 16.5 Å². The summed E-state index contributed by atoms with van der Waals surface area (Å²) in [5.41, 5.74) is 4.79. The second-order valence-electron chi connectivity index (χ2n) is 3.41. The quantitative estimate of drug-likeness (QED) is 0.825. The number of halogens is 3. The zero-order valence-corrected chi connectivity index (χ0v) is 9.68. The van der Waals surface area contributed by atoms with Crippen molar-refractivity contribution >= 4 is 16.5 Å². The van der Waals surface area contributed by atoms with Gasteiger partial charge in [-0.2, -0.15) is 13.2 Å². The van der Waals surface area contributed by atoms with Gasteiger partial charge in [0.05, 0.1) is 11.1 Å². The molecule has 1 aromatic carbocycles. The van der Waals surface area contributed by atoms with Crippen LogP contribution in [0.3, 0.4) is 0 Å². The number of hydrogen-bond donors (Lipinski definition) is 2. The molecule has 0 aliphatic carbocycles. The standard InChI is InChI=1S/C10H8F3N3OS/c11-10(12,13)8-5-15-9(16-8)18(17)7-4-2-1-3-6(7)14/h1-5H,14H2,(H,15,16). The molecule has 1 aromatic heterocycles. The van der Waals surface area contributed by atoms with Gasteiger partial charge in [0.2, 0.25) is 5.16 Å². The Labute approximate surface area is 102 Å². The van der Waals surface area contributed by atoms with Crippen LogP contribution in [-0.4, -0.2) is 14.2 Å². The van der Waals surface area contributed by atoms with Gasteiger partial charge in [-0.25, -0.2) is 9.19 Å². The summed E-state index contributed by atoms with van der Waals surface area (Å²) in [6.07, 6.45) is -3.94. The van der Waals surface area contributed by atoms with Crippen molar-refractivity contribution in [2.24, 2.45) is 0 Å². The van der Waals surface area contributed by atoms with Gasteiger partial charge in [-0.3, -0.25) is 0 Å². The summed E-state index contributed by atoms with van der Waals surface area (Å²) in [7, 11) is -1.86. The molecule has 0 aliphatic rings. The molecule has 0 radical (unpaired) electrons. The van der Waals surface area contributed by atoms with Crippen molar-refractivity contribution in [2.45, 2.75) is 16.2 Å². The number of aromatic nitrogens is 2. The van der Waals surface area contributed by atoms with E-state index < -0.39 is 22.7 Å². The first-order valence-electron chi connectivity index (χ1n) is 4.78. The second-order valence-corrected chi connectivity index (χ2v) is 4.77. The Kier molecular flexibility index (Phi) is 3.12. The molecule has 96 valence electrons. The number of rotatable bonds is 2. The van der Waals surface area contributed by atoms with Gasteiger partial charge in [-0.1, -0.05) is 12.1 Å². The maximum atomic E-state index is 12.4. The van der Waals surface area contributed by atoms with Gasteiger partial charge < -0.3 is 10.7 Å². The van der Waals surface area contributed by atoms with Crippen molar-refractivity contribution in [1.82, 2.24) is 9.97 Å². The minimum absolute atomic E-state index is 0.223. The fraction of sp³-hybridized carbons (Fsp3) is 0.100. The minimum atomic E-state index is -4.54. The second kappa shape index (κ2) is 4.45. The molecule has 1 heterocycles. The van der Waals surface area contributed by atoms with E-state index in [0.717, 1.165) is 0 Å². The number of aromatic amines is 1. The lowest BCUT2D eigenvalue weighted by molar-refractivity contribution is -0.141. The average Bonchev–Trinajstić information content (AvgIpc) is 2.77. The highest BCUT2D eigenvalue weighted by Gasteiger charge is 2.33. The molecule has 3 N–H and O–H groups in total.